The highest BCUT2D eigenvalue weighted by molar-refractivity contribution is 6.32. The van der Waals surface area contributed by atoms with E-state index >= 15 is 0 Å². The van der Waals surface area contributed by atoms with E-state index in [1.54, 1.807) is 0 Å². The van der Waals surface area contributed by atoms with Crippen molar-refractivity contribution in [2.45, 2.75) is 12.3 Å². The number of carbonyl (C=O) groups is 1. The number of rotatable bonds is 2. The van der Waals surface area contributed by atoms with Crippen LogP contribution in [0.15, 0.2) is 18.2 Å². The summed E-state index contributed by atoms with van der Waals surface area (Å²) in [4.78, 5) is 11.8. The maximum atomic E-state index is 12.0. The van der Waals surface area contributed by atoms with E-state index < -0.39 is 18.2 Å². The van der Waals surface area contributed by atoms with Crippen molar-refractivity contribution >= 4 is 17.7 Å². The molecule has 0 spiro atoms. The number of hydrogen-bond acceptors (Lipinski definition) is 2. The molecule has 1 fully saturated rings. The molecule has 1 saturated heterocycles. The molecule has 8 heteroatoms. The Morgan fingerprint density at radius 1 is 1.42 bits per heavy atom. The Hall–Kier alpha value is -1.63. The minimum Gasteiger partial charge on any atom is -0.465 e. The smallest absolute Gasteiger partial charge is 0.465 e. The Morgan fingerprint density at radius 2 is 2.05 bits per heavy atom. The van der Waals surface area contributed by atoms with E-state index in [2.05, 4.69) is 4.74 Å². The first-order valence-electron chi connectivity index (χ1n) is 5.29. The van der Waals surface area contributed by atoms with E-state index in [1.165, 1.54) is 17.0 Å². The van der Waals surface area contributed by atoms with E-state index in [9.17, 15) is 18.0 Å². The quantitative estimate of drug-likeness (QED) is 0.910. The van der Waals surface area contributed by atoms with E-state index in [1.807, 2.05) is 0 Å². The number of alkyl halides is 3. The number of halogens is 4. The molecule has 1 amide bonds. The number of amides is 1. The van der Waals surface area contributed by atoms with Crippen LogP contribution in [0.25, 0.3) is 0 Å². The second kappa shape index (κ2) is 4.80. The lowest BCUT2D eigenvalue weighted by Crippen LogP contribution is -2.47. The maximum Gasteiger partial charge on any atom is 0.573 e. The van der Waals surface area contributed by atoms with Crippen LogP contribution in [-0.2, 0) is 0 Å². The normalized spacial score (nSPS) is 16.1. The molecule has 1 N–H and O–H groups in total. The lowest BCUT2D eigenvalue weighted by atomic mass is 9.92. The molecular formula is C11H9ClF3NO3. The first-order valence-corrected chi connectivity index (χ1v) is 5.67. The van der Waals surface area contributed by atoms with Crippen molar-refractivity contribution in [2.24, 2.45) is 0 Å². The Kier molecular flexibility index (Phi) is 3.49. The van der Waals surface area contributed by atoms with Crippen molar-refractivity contribution in [3.63, 3.8) is 0 Å². The fraction of sp³-hybridized carbons (Fsp3) is 0.364. The Morgan fingerprint density at radius 3 is 2.53 bits per heavy atom. The van der Waals surface area contributed by atoms with Gasteiger partial charge in [-0.05, 0) is 17.7 Å². The molecule has 0 saturated carbocycles. The third-order valence-corrected chi connectivity index (χ3v) is 3.10. The summed E-state index contributed by atoms with van der Waals surface area (Å²) >= 11 is 5.70. The van der Waals surface area contributed by atoms with Gasteiger partial charge >= 0.3 is 12.5 Å². The van der Waals surface area contributed by atoms with Crippen LogP contribution in [0, 0.1) is 0 Å². The van der Waals surface area contributed by atoms with Gasteiger partial charge in [-0.1, -0.05) is 17.7 Å². The van der Waals surface area contributed by atoms with Gasteiger partial charge in [-0.15, -0.1) is 13.2 Å². The van der Waals surface area contributed by atoms with E-state index in [4.69, 9.17) is 16.7 Å². The lowest BCUT2D eigenvalue weighted by molar-refractivity contribution is -0.274. The molecule has 0 radical (unpaired) electrons. The van der Waals surface area contributed by atoms with Crippen LogP contribution in [0.5, 0.6) is 5.75 Å². The third-order valence-electron chi connectivity index (χ3n) is 2.81. The molecule has 1 aromatic rings. The first-order chi connectivity index (χ1) is 8.76. The highest BCUT2D eigenvalue weighted by Crippen LogP contribution is 2.35. The largest absolute Gasteiger partial charge is 0.573 e. The molecule has 104 valence electrons. The zero-order chi connectivity index (χ0) is 14.2. The number of carboxylic acid groups (broad SMARTS) is 1. The van der Waals surface area contributed by atoms with Crippen molar-refractivity contribution < 1.29 is 27.8 Å². The zero-order valence-corrected chi connectivity index (χ0v) is 10.2. The van der Waals surface area contributed by atoms with Crippen molar-refractivity contribution in [1.82, 2.24) is 4.90 Å². The van der Waals surface area contributed by atoms with Gasteiger partial charge in [0.1, 0.15) is 5.75 Å². The summed E-state index contributed by atoms with van der Waals surface area (Å²) in [6.45, 7) is 0.621. The van der Waals surface area contributed by atoms with Crippen LogP contribution < -0.4 is 4.74 Å². The summed E-state index contributed by atoms with van der Waals surface area (Å²) in [6, 6.07) is 3.96. The lowest BCUT2D eigenvalue weighted by Gasteiger charge is -2.37. The molecule has 1 aliphatic heterocycles. The summed E-state index contributed by atoms with van der Waals surface area (Å²) in [6.07, 6.45) is -5.80. The highest BCUT2D eigenvalue weighted by Gasteiger charge is 2.34. The van der Waals surface area contributed by atoms with E-state index in [0.29, 0.717) is 18.7 Å². The number of likely N-dealkylation sites (tertiary alicyclic amines) is 1. The van der Waals surface area contributed by atoms with Gasteiger partial charge in [-0.3, -0.25) is 0 Å². The highest BCUT2D eigenvalue weighted by atomic mass is 35.5. The van der Waals surface area contributed by atoms with Crippen LogP contribution in [0.4, 0.5) is 18.0 Å². The van der Waals surface area contributed by atoms with Crippen LogP contribution >= 0.6 is 11.6 Å². The van der Waals surface area contributed by atoms with E-state index in [0.717, 1.165) is 6.07 Å². The topological polar surface area (TPSA) is 49.8 Å². The second-order valence-electron chi connectivity index (χ2n) is 4.12. The van der Waals surface area contributed by atoms with Crippen molar-refractivity contribution in [3.8, 4) is 5.75 Å². The van der Waals surface area contributed by atoms with Gasteiger partial charge in [0.2, 0.25) is 0 Å². The molecule has 19 heavy (non-hydrogen) atoms. The minimum absolute atomic E-state index is 0.0477. The average molecular weight is 296 g/mol. The second-order valence-corrected chi connectivity index (χ2v) is 4.53. The van der Waals surface area contributed by atoms with Gasteiger partial charge in [0.05, 0.1) is 5.02 Å². The Bertz CT molecular complexity index is 500. The molecule has 1 aromatic carbocycles. The van der Waals surface area contributed by atoms with Gasteiger partial charge < -0.3 is 14.7 Å². The average Bonchev–Trinajstić information content (AvgIpc) is 2.17. The zero-order valence-electron chi connectivity index (χ0n) is 9.45. The summed E-state index contributed by atoms with van der Waals surface area (Å²) in [5.41, 5.74) is 0.692. The summed E-state index contributed by atoms with van der Waals surface area (Å²) in [5, 5.41) is 8.53. The molecule has 1 heterocycles. The minimum atomic E-state index is -4.79. The van der Waals surface area contributed by atoms with Crippen molar-refractivity contribution in [2.75, 3.05) is 13.1 Å². The van der Waals surface area contributed by atoms with Crippen molar-refractivity contribution in [1.29, 1.82) is 0 Å². The number of hydrogen-bond donors (Lipinski definition) is 1. The van der Waals surface area contributed by atoms with Crippen LogP contribution in [0.1, 0.15) is 11.5 Å². The molecule has 4 nitrogen and oxygen atoms in total. The van der Waals surface area contributed by atoms with E-state index in [-0.39, 0.29) is 10.9 Å². The van der Waals surface area contributed by atoms with Gasteiger partial charge in [-0.25, -0.2) is 4.79 Å². The number of nitrogens with zero attached hydrogens (tertiary/aromatic N) is 1. The predicted octanol–water partition coefficient (Wildman–Crippen LogP) is 3.32. The van der Waals surface area contributed by atoms with Crippen molar-refractivity contribution in [3.05, 3.63) is 28.8 Å². The molecule has 0 unspecified atom stereocenters. The van der Waals surface area contributed by atoms with Crippen LogP contribution in [0.2, 0.25) is 5.02 Å². The monoisotopic (exact) mass is 295 g/mol. The maximum absolute atomic E-state index is 12.0. The van der Waals surface area contributed by atoms with Crippen LogP contribution in [0.3, 0.4) is 0 Å². The molecule has 0 aromatic heterocycles. The Labute approximate surface area is 111 Å². The Balaban J connectivity index is 2.06. The van der Waals surface area contributed by atoms with Gasteiger partial charge in [-0.2, -0.15) is 0 Å². The number of benzene rings is 1. The predicted molar refractivity (Wildman–Crippen MR) is 60.5 cm³/mol. The summed E-state index contributed by atoms with van der Waals surface area (Å²) < 4.78 is 39.9. The fourth-order valence-corrected chi connectivity index (χ4v) is 2.05. The third kappa shape index (κ3) is 3.23. The molecule has 0 atom stereocenters. The standard InChI is InChI=1S/C11H9ClF3NO3/c12-8-3-6(7-4-16(5-7)10(17)18)1-2-9(8)19-11(13,14)15/h1-3,7H,4-5H2,(H,17,18). The molecule has 0 aliphatic carbocycles. The number of ether oxygens (including phenoxy) is 1. The van der Waals surface area contributed by atoms with Gasteiger partial charge in [0.25, 0.3) is 0 Å². The molecule has 0 bridgehead atoms. The van der Waals surface area contributed by atoms with Gasteiger partial charge in [0.15, 0.2) is 0 Å². The molecule has 1 aliphatic rings. The fourth-order valence-electron chi connectivity index (χ4n) is 1.82. The van der Waals surface area contributed by atoms with Gasteiger partial charge in [0, 0.05) is 19.0 Å². The first kappa shape index (κ1) is 13.8. The van der Waals surface area contributed by atoms with Crippen LogP contribution in [-0.4, -0.2) is 35.6 Å². The summed E-state index contributed by atoms with van der Waals surface area (Å²) in [7, 11) is 0. The molecule has 2 rings (SSSR count). The summed E-state index contributed by atoms with van der Waals surface area (Å²) in [5.74, 6) is -0.513. The molecular weight excluding hydrogens is 287 g/mol. The SMILES string of the molecule is O=C(O)N1CC(c2ccc(OC(F)(F)F)c(Cl)c2)C1.